The van der Waals surface area contributed by atoms with Crippen molar-refractivity contribution in [1.29, 1.82) is 0 Å². The second kappa shape index (κ2) is 5.72. The minimum Gasteiger partial charge on any atom is -0.458 e. The van der Waals surface area contributed by atoms with Crippen LogP contribution in [0.1, 0.15) is 6.92 Å². The van der Waals surface area contributed by atoms with Crippen molar-refractivity contribution in [2.24, 2.45) is 0 Å². The molecule has 0 aromatic rings. The Morgan fingerprint density at radius 1 is 1.47 bits per heavy atom. The highest BCUT2D eigenvalue weighted by molar-refractivity contribution is 6.00. The lowest BCUT2D eigenvalue weighted by Gasteiger charge is -2.26. The molecule has 0 aliphatic heterocycles. The van der Waals surface area contributed by atoms with Gasteiger partial charge in [0.05, 0.1) is 0 Å². The fourth-order valence-corrected chi connectivity index (χ4v) is 1.37. The molecule has 0 aromatic carbocycles. The van der Waals surface area contributed by atoms with Gasteiger partial charge in [-0.05, 0) is 13.0 Å². The predicted octanol–water partition coefficient (Wildman–Crippen LogP) is -1.30. The molecule has 0 radical (unpaired) electrons. The van der Waals surface area contributed by atoms with E-state index in [4.69, 9.17) is 4.74 Å². The smallest absolute Gasteiger partial charge is 0.330 e. The van der Waals surface area contributed by atoms with Crippen molar-refractivity contribution in [1.82, 2.24) is 0 Å². The fourth-order valence-electron chi connectivity index (χ4n) is 1.37. The molecule has 0 saturated carbocycles. The molecule has 0 bridgehead atoms. The van der Waals surface area contributed by atoms with Crippen LogP contribution in [0.25, 0.3) is 0 Å². The van der Waals surface area contributed by atoms with Crippen LogP contribution in [0.2, 0.25) is 0 Å². The van der Waals surface area contributed by atoms with Crippen LogP contribution in [-0.2, 0) is 14.3 Å². The van der Waals surface area contributed by atoms with Gasteiger partial charge in [-0.15, -0.1) is 0 Å². The number of esters is 1. The van der Waals surface area contributed by atoms with Gasteiger partial charge in [-0.1, -0.05) is 6.08 Å². The Balaban J connectivity index is 2.68. The molecule has 0 spiro atoms. The number of aliphatic hydroxyl groups excluding tert-OH is 3. The van der Waals surface area contributed by atoms with E-state index < -0.39 is 30.1 Å². The summed E-state index contributed by atoms with van der Waals surface area (Å²) >= 11 is 0. The van der Waals surface area contributed by atoms with Crippen molar-refractivity contribution in [3.63, 3.8) is 0 Å². The van der Waals surface area contributed by atoms with Gasteiger partial charge in [0.1, 0.15) is 24.9 Å². The second-order valence-electron chi connectivity index (χ2n) is 3.59. The number of ether oxygens (including phenoxy) is 1. The van der Waals surface area contributed by atoms with E-state index in [-0.39, 0.29) is 12.2 Å². The third-order valence-electron chi connectivity index (χ3n) is 2.30. The molecule has 0 heterocycles. The van der Waals surface area contributed by atoms with Crippen LogP contribution in [0, 0.1) is 0 Å². The fraction of sp³-hybridized carbons (Fsp3) is 0.455. The predicted molar refractivity (Wildman–Crippen MR) is 56.9 cm³/mol. The zero-order chi connectivity index (χ0) is 13.0. The maximum atomic E-state index is 11.5. The van der Waals surface area contributed by atoms with Gasteiger partial charge in [-0.2, -0.15) is 0 Å². The van der Waals surface area contributed by atoms with Crippen LogP contribution in [0.15, 0.2) is 23.8 Å². The Morgan fingerprint density at radius 3 is 2.71 bits per heavy atom. The van der Waals surface area contributed by atoms with Crippen molar-refractivity contribution >= 4 is 11.8 Å². The first-order chi connectivity index (χ1) is 7.97. The highest BCUT2D eigenvalue weighted by Crippen LogP contribution is 2.16. The number of allylic oxidation sites excluding steroid dienone is 1. The molecule has 0 unspecified atom stereocenters. The molecule has 0 saturated heterocycles. The molecular formula is C11H14O6. The average molecular weight is 242 g/mol. The van der Waals surface area contributed by atoms with Crippen LogP contribution < -0.4 is 0 Å². The van der Waals surface area contributed by atoms with E-state index in [9.17, 15) is 24.9 Å². The Morgan fingerprint density at radius 2 is 2.12 bits per heavy atom. The third kappa shape index (κ3) is 3.23. The highest BCUT2D eigenvalue weighted by atomic mass is 16.5. The lowest BCUT2D eigenvalue weighted by Crippen LogP contribution is -2.46. The molecule has 94 valence electrons. The van der Waals surface area contributed by atoms with Gasteiger partial charge in [0.2, 0.25) is 0 Å². The quantitative estimate of drug-likeness (QED) is 0.419. The normalized spacial score (nSPS) is 29.3. The first-order valence-electron chi connectivity index (χ1n) is 5.06. The highest BCUT2D eigenvalue weighted by Gasteiger charge is 2.36. The zero-order valence-electron chi connectivity index (χ0n) is 9.24. The molecule has 1 rings (SSSR count). The topological polar surface area (TPSA) is 104 Å². The number of carbonyl (C=O) groups excluding carboxylic acids is 2. The summed E-state index contributed by atoms with van der Waals surface area (Å²) in [7, 11) is 0. The standard InChI is InChI=1S/C11H14O6/c1-2-3-8(13)17-5-6-4-7(12)10(15)11(16)9(6)14/h2-4,7,10-12,15-16H,5H2,1H3/b3-2+/t7-,10-,11-/m1/s1. The van der Waals surface area contributed by atoms with Crippen molar-refractivity contribution in [2.75, 3.05) is 6.61 Å². The molecule has 0 aromatic heterocycles. The van der Waals surface area contributed by atoms with Crippen molar-refractivity contribution < 1.29 is 29.6 Å². The lowest BCUT2D eigenvalue weighted by molar-refractivity contribution is -0.140. The van der Waals surface area contributed by atoms with Gasteiger partial charge in [0.15, 0.2) is 5.78 Å². The van der Waals surface area contributed by atoms with E-state index >= 15 is 0 Å². The van der Waals surface area contributed by atoms with Gasteiger partial charge in [-0.25, -0.2) is 4.79 Å². The average Bonchev–Trinajstić information content (AvgIpc) is 2.30. The van der Waals surface area contributed by atoms with Gasteiger partial charge in [0.25, 0.3) is 0 Å². The summed E-state index contributed by atoms with van der Waals surface area (Å²) in [5.41, 5.74) is -0.0341. The summed E-state index contributed by atoms with van der Waals surface area (Å²) in [5, 5.41) is 27.8. The van der Waals surface area contributed by atoms with Crippen LogP contribution in [0.4, 0.5) is 0 Å². The number of hydrogen-bond acceptors (Lipinski definition) is 6. The molecule has 3 atom stereocenters. The Labute approximate surface area is 97.8 Å². The Hall–Kier alpha value is -1.50. The lowest BCUT2D eigenvalue weighted by atomic mass is 9.91. The summed E-state index contributed by atoms with van der Waals surface area (Å²) in [6.07, 6.45) is -0.855. The van der Waals surface area contributed by atoms with E-state index in [0.717, 1.165) is 6.08 Å². The van der Waals surface area contributed by atoms with E-state index in [1.54, 1.807) is 6.92 Å². The molecular weight excluding hydrogens is 228 g/mol. The monoisotopic (exact) mass is 242 g/mol. The molecule has 1 aliphatic rings. The number of ketones is 1. The van der Waals surface area contributed by atoms with Gasteiger partial charge >= 0.3 is 5.97 Å². The molecule has 1 aliphatic carbocycles. The van der Waals surface area contributed by atoms with E-state index in [1.807, 2.05) is 0 Å². The summed E-state index contributed by atoms with van der Waals surface area (Å²) in [5.74, 6) is -1.38. The Bertz CT molecular complexity index is 370. The summed E-state index contributed by atoms with van der Waals surface area (Å²) in [6, 6.07) is 0. The SMILES string of the molecule is C/C=C/C(=O)OCC1=C[C@@H](O)[C@@H](O)[C@H](O)C1=O. The maximum Gasteiger partial charge on any atom is 0.330 e. The van der Waals surface area contributed by atoms with Crippen LogP contribution >= 0.6 is 0 Å². The van der Waals surface area contributed by atoms with Gasteiger partial charge < -0.3 is 20.1 Å². The summed E-state index contributed by atoms with van der Waals surface area (Å²) in [6.45, 7) is 1.29. The number of Topliss-reactive ketones (excluding diaryl/α,β-unsaturated/α-hetero) is 1. The first kappa shape index (κ1) is 13.6. The minimum atomic E-state index is -1.69. The largest absolute Gasteiger partial charge is 0.458 e. The minimum absolute atomic E-state index is 0.0341. The molecule has 6 heteroatoms. The van der Waals surface area contributed by atoms with E-state index in [1.165, 1.54) is 12.2 Å². The van der Waals surface area contributed by atoms with Crippen molar-refractivity contribution in [3.05, 3.63) is 23.8 Å². The van der Waals surface area contributed by atoms with Crippen molar-refractivity contribution in [2.45, 2.75) is 25.2 Å². The Kier molecular flexibility index (Phi) is 4.56. The first-order valence-corrected chi connectivity index (χ1v) is 5.06. The number of aliphatic hydroxyl groups is 3. The molecule has 17 heavy (non-hydrogen) atoms. The zero-order valence-corrected chi connectivity index (χ0v) is 9.24. The van der Waals surface area contributed by atoms with Gasteiger partial charge in [0, 0.05) is 11.6 Å². The summed E-state index contributed by atoms with van der Waals surface area (Å²) < 4.78 is 4.71. The van der Waals surface area contributed by atoms with E-state index in [0.29, 0.717) is 0 Å². The molecule has 6 nitrogen and oxygen atoms in total. The summed E-state index contributed by atoms with van der Waals surface area (Å²) in [4.78, 5) is 22.5. The van der Waals surface area contributed by atoms with Crippen molar-refractivity contribution in [3.8, 4) is 0 Å². The number of hydrogen-bond donors (Lipinski definition) is 3. The van der Waals surface area contributed by atoms with Crippen LogP contribution in [0.5, 0.6) is 0 Å². The van der Waals surface area contributed by atoms with Crippen LogP contribution in [-0.4, -0.2) is 52.0 Å². The number of carbonyl (C=O) groups is 2. The molecule has 0 fully saturated rings. The maximum absolute atomic E-state index is 11.5. The molecule has 3 N–H and O–H groups in total. The van der Waals surface area contributed by atoms with E-state index in [2.05, 4.69) is 0 Å². The van der Waals surface area contributed by atoms with Gasteiger partial charge in [-0.3, -0.25) is 4.79 Å². The third-order valence-corrected chi connectivity index (χ3v) is 2.30. The molecule has 0 amide bonds. The van der Waals surface area contributed by atoms with Crippen LogP contribution in [0.3, 0.4) is 0 Å². The number of rotatable bonds is 3. The second-order valence-corrected chi connectivity index (χ2v) is 3.59.